The lowest BCUT2D eigenvalue weighted by Crippen LogP contribution is -2.58. The van der Waals surface area contributed by atoms with E-state index < -0.39 is 74.3 Å². The number of hydrogen-bond acceptors (Lipinski definition) is 11. The number of allylic oxidation sites excluding steroid dienone is 1. The molecule has 3 fully saturated rings. The second kappa shape index (κ2) is 15.4. The van der Waals surface area contributed by atoms with E-state index in [-0.39, 0.29) is 25.3 Å². The number of carbonyl (C=O) groups excluding carboxylic acids is 4. The van der Waals surface area contributed by atoms with Crippen molar-refractivity contribution in [3.05, 3.63) is 54.9 Å². The van der Waals surface area contributed by atoms with E-state index in [1.165, 1.54) is 4.90 Å². The van der Waals surface area contributed by atoms with E-state index in [1.807, 2.05) is 30.4 Å². The zero-order chi connectivity index (χ0) is 39.8. The van der Waals surface area contributed by atoms with Crippen molar-refractivity contribution in [1.82, 2.24) is 35.0 Å². The van der Waals surface area contributed by atoms with Gasteiger partial charge >= 0.3 is 6.09 Å². The molecule has 4 aliphatic rings. The number of rotatable bonds is 8. The maximum atomic E-state index is 14.6. The highest BCUT2D eigenvalue weighted by molar-refractivity contribution is 7.91. The minimum atomic E-state index is -3.91. The van der Waals surface area contributed by atoms with E-state index in [1.54, 1.807) is 57.1 Å². The summed E-state index contributed by atoms with van der Waals surface area (Å²) in [6.07, 6.45) is 9.93. The van der Waals surface area contributed by atoms with Crippen molar-refractivity contribution < 1.29 is 41.8 Å². The first-order valence-corrected chi connectivity index (χ1v) is 20.7. The fraction of sp³-hybridized carbons (Fsp3) is 0.538. The molecule has 2 aromatic heterocycles. The molecule has 0 spiro atoms. The summed E-state index contributed by atoms with van der Waals surface area (Å²) in [7, 11) is -2.34. The van der Waals surface area contributed by atoms with E-state index in [0.717, 1.165) is 18.2 Å². The summed E-state index contributed by atoms with van der Waals surface area (Å²) in [6, 6.07) is 6.87. The number of carbonyl (C=O) groups is 4. The van der Waals surface area contributed by atoms with Crippen LogP contribution >= 0.6 is 0 Å². The number of fused-ring (bicyclic) bond motifs is 3. The SMILES string of the molecule is COc1ccc2c(OC3C[C@H]4C(=O)N[C@]5(C(=O)NS(=O)(=O)C6CC6)C[C@H]5/C=C\CCCCC[C@H](NC(=O)OC(C)(C)C)C(=O)N4C3)nc(-n3cccn3)cc2c1. The van der Waals surface area contributed by atoms with E-state index in [2.05, 4.69) is 20.5 Å². The van der Waals surface area contributed by atoms with Crippen molar-refractivity contribution in [1.29, 1.82) is 0 Å². The molecule has 0 radical (unpaired) electrons. The van der Waals surface area contributed by atoms with Gasteiger partial charge in [-0.1, -0.05) is 25.0 Å². The van der Waals surface area contributed by atoms with Crippen LogP contribution in [-0.2, 0) is 29.1 Å². The summed E-state index contributed by atoms with van der Waals surface area (Å²) in [5.41, 5.74) is -2.34. The molecule has 0 bridgehead atoms. The number of hydrogen-bond donors (Lipinski definition) is 3. The molecule has 2 aliphatic carbocycles. The highest BCUT2D eigenvalue weighted by Gasteiger charge is 2.62. The molecule has 16 nitrogen and oxygen atoms in total. The van der Waals surface area contributed by atoms with Crippen molar-refractivity contribution in [3.63, 3.8) is 0 Å². The highest BCUT2D eigenvalue weighted by atomic mass is 32.2. The van der Waals surface area contributed by atoms with Gasteiger partial charge in [0, 0.05) is 30.1 Å². The van der Waals surface area contributed by atoms with Crippen molar-refractivity contribution >= 4 is 44.6 Å². The van der Waals surface area contributed by atoms with Crippen molar-refractivity contribution in [2.45, 2.75) is 113 Å². The van der Waals surface area contributed by atoms with Gasteiger partial charge in [0.15, 0.2) is 5.82 Å². The number of methoxy groups -OCH3 is 1. The molecule has 2 saturated carbocycles. The smallest absolute Gasteiger partial charge is 0.408 e. The van der Waals surface area contributed by atoms with Crippen LogP contribution in [0, 0.1) is 5.92 Å². The summed E-state index contributed by atoms with van der Waals surface area (Å²) < 4.78 is 47.1. The Morgan fingerprint density at radius 3 is 2.59 bits per heavy atom. The van der Waals surface area contributed by atoms with Gasteiger partial charge in [-0.05, 0) is 95.0 Å². The Balaban J connectivity index is 1.22. The fourth-order valence-corrected chi connectivity index (χ4v) is 8.75. The molecular formula is C39H49N7O9S. The van der Waals surface area contributed by atoms with Crippen molar-refractivity contribution in [2.24, 2.45) is 5.92 Å². The molecular weight excluding hydrogens is 743 g/mol. The molecule has 300 valence electrons. The van der Waals surface area contributed by atoms with Gasteiger partial charge in [0.05, 0.1) is 18.9 Å². The van der Waals surface area contributed by atoms with Crippen molar-refractivity contribution in [2.75, 3.05) is 13.7 Å². The third kappa shape index (κ3) is 8.61. The number of aromatic nitrogens is 3. The molecule has 1 saturated heterocycles. The Hall–Kier alpha value is -5.19. The number of pyridine rings is 1. The van der Waals surface area contributed by atoms with E-state index in [9.17, 15) is 27.6 Å². The number of nitrogens with zero attached hydrogens (tertiary/aromatic N) is 4. The second-order valence-electron chi connectivity index (χ2n) is 16.0. The molecule has 1 unspecified atom stereocenters. The summed E-state index contributed by atoms with van der Waals surface area (Å²) in [6.45, 7) is 5.13. The third-order valence-corrected chi connectivity index (χ3v) is 12.4. The largest absolute Gasteiger partial charge is 0.497 e. The highest BCUT2D eigenvalue weighted by Crippen LogP contribution is 2.46. The lowest BCUT2D eigenvalue weighted by atomic mass is 10.0. The van der Waals surface area contributed by atoms with Crippen LogP contribution in [0.2, 0.25) is 0 Å². The predicted octanol–water partition coefficient (Wildman–Crippen LogP) is 3.67. The molecule has 3 aromatic rings. The standard InChI is InChI=1S/C39H49N7O9S/c1-38(2,3)55-37(50)41-30-12-9-7-5-6-8-11-25-22-39(25,36(49)44-56(51,52)28-14-15-28)43-33(47)31-21-27(23-45(31)35(30)48)54-34-29-16-13-26(53-4)19-24(29)20-32(42-34)46-18-10-17-40-46/h8,10-11,13,16-20,25,27-28,30-31H,5-7,9,12,14-15,21-23H2,1-4H3,(H,41,50)(H,43,47)(H,44,49)/b11-8-/t25-,27?,30+,31+,39-/m1/s1. The predicted molar refractivity (Wildman–Crippen MR) is 204 cm³/mol. The van der Waals surface area contributed by atoms with Gasteiger partial charge in [0.2, 0.25) is 27.7 Å². The molecule has 5 atom stereocenters. The average molecular weight is 792 g/mol. The minimum Gasteiger partial charge on any atom is -0.497 e. The van der Waals surface area contributed by atoms with Crippen LogP contribution in [0.15, 0.2) is 54.9 Å². The van der Waals surface area contributed by atoms with Crippen LogP contribution in [0.25, 0.3) is 16.6 Å². The zero-order valence-electron chi connectivity index (χ0n) is 32.0. The van der Waals surface area contributed by atoms with Crippen LogP contribution < -0.4 is 24.8 Å². The average Bonchev–Trinajstić information content (AvgIpc) is 4.00. The van der Waals surface area contributed by atoms with E-state index in [4.69, 9.17) is 19.2 Å². The fourth-order valence-electron chi connectivity index (χ4n) is 7.38. The summed E-state index contributed by atoms with van der Waals surface area (Å²) >= 11 is 0. The van der Waals surface area contributed by atoms with Gasteiger partial charge in [-0.25, -0.2) is 17.9 Å². The molecule has 7 rings (SSSR count). The van der Waals surface area contributed by atoms with E-state index in [0.29, 0.717) is 49.1 Å². The maximum Gasteiger partial charge on any atom is 0.408 e. The molecule has 17 heteroatoms. The van der Waals surface area contributed by atoms with Crippen LogP contribution in [0.3, 0.4) is 0 Å². The van der Waals surface area contributed by atoms with Crippen molar-refractivity contribution in [3.8, 4) is 17.4 Å². The number of benzene rings is 1. The summed E-state index contributed by atoms with van der Waals surface area (Å²) in [5.74, 6) is -1.06. The Morgan fingerprint density at radius 2 is 1.88 bits per heavy atom. The van der Waals surface area contributed by atoms with Gasteiger partial charge in [0.25, 0.3) is 5.91 Å². The molecule has 4 amide bonds. The summed E-state index contributed by atoms with van der Waals surface area (Å²) in [4.78, 5) is 62.0. The Bertz CT molecular complexity index is 2130. The number of nitrogens with one attached hydrogen (secondary N) is 3. The first kappa shape index (κ1) is 39.1. The van der Waals surface area contributed by atoms with Crippen LogP contribution in [0.4, 0.5) is 4.79 Å². The first-order chi connectivity index (χ1) is 26.7. The summed E-state index contributed by atoms with van der Waals surface area (Å²) in [5, 5.41) is 10.7. The topological polar surface area (TPSA) is 200 Å². The molecule has 3 N–H and O–H groups in total. The normalized spacial score (nSPS) is 26.5. The molecule has 4 heterocycles. The number of ether oxygens (including phenoxy) is 3. The van der Waals surface area contributed by atoms with Crippen LogP contribution in [0.1, 0.15) is 78.6 Å². The van der Waals surface area contributed by atoms with Gasteiger partial charge in [0.1, 0.15) is 35.1 Å². The van der Waals surface area contributed by atoms with E-state index >= 15 is 0 Å². The monoisotopic (exact) mass is 791 g/mol. The molecule has 2 aliphatic heterocycles. The third-order valence-electron chi connectivity index (χ3n) is 10.5. The molecule has 1 aromatic carbocycles. The second-order valence-corrected chi connectivity index (χ2v) is 18.0. The quantitative estimate of drug-likeness (QED) is 0.281. The first-order valence-electron chi connectivity index (χ1n) is 19.2. The van der Waals surface area contributed by atoms with Crippen LogP contribution in [0.5, 0.6) is 11.6 Å². The number of sulfonamides is 1. The number of amides is 4. The lowest BCUT2D eigenvalue weighted by molar-refractivity contribution is -0.141. The zero-order valence-corrected chi connectivity index (χ0v) is 32.8. The molecule has 56 heavy (non-hydrogen) atoms. The lowest BCUT2D eigenvalue weighted by Gasteiger charge is -2.30. The minimum absolute atomic E-state index is 0.0145. The Labute approximate surface area is 325 Å². The maximum absolute atomic E-state index is 14.6. The van der Waals surface area contributed by atoms with Gasteiger partial charge in [-0.3, -0.25) is 19.1 Å². The number of alkyl carbamates (subject to hydrolysis) is 1. The van der Waals surface area contributed by atoms with Crippen LogP contribution in [-0.4, -0.2) is 100 Å². The van der Waals surface area contributed by atoms with Gasteiger partial charge in [-0.2, -0.15) is 10.1 Å². The van der Waals surface area contributed by atoms with Gasteiger partial charge < -0.3 is 29.7 Å². The Kier molecular flexibility index (Phi) is 10.7. The Morgan fingerprint density at radius 1 is 1.07 bits per heavy atom. The van der Waals surface area contributed by atoms with Gasteiger partial charge in [-0.15, -0.1) is 0 Å².